The van der Waals surface area contributed by atoms with Crippen molar-refractivity contribution in [3.8, 4) is 11.5 Å². The van der Waals surface area contributed by atoms with Gasteiger partial charge in [0.15, 0.2) is 5.75 Å². The normalized spacial score (nSPS) is 10.8. The number of hydrogen-bond donors (Lipinski definition) is 1. The van der Waals surface area contributed by atoms with Crippen LogP contribution in [-0.2, 0) is 18.3 Å². The smallest absolute Gasteiger partial charge is 0.165 e. The van der Waals surface area contributed by atoms with E-state index in [1.807, 2.05) is 31.4 Å². The maximum Gasteiger partial charge on any atom is 0.165 e. The first-order valence-electron chi connectivity index (χ1n) is 6.33. The first-order valence-corrected chi connectivity index (χ1v) is 6.71. The van der Waals surface area contributed by atoms with E-state index in [4.69, 9.17) is 21.1 Å². The minimum absolute atomic E-state index is 0.666. The van der Waals surface area contributed by atoms with E-state index in [2.05, 4.69) is 10.4 Å². The molecule has 108 valence electrons. The largest absolute Gasteiger partial charge is 0.454 e. The van der Waals surface area contributed by atoms with Crippen LogP contribution in [0.3, 0.4) is 0 Å². The van der Waals surface area contributed by atoms with Crippen LogP contribution in [0.4, 0.5) is 0 Å². The summed E-state index contributed by atoms with van der Waals surface area (Å²) in [6.07, 6.45) is 3.49. The Hall–Kier alpha value is -1.56. The molecule has 0 radical (unpaired) electrons. The molecule has 0 amide bonds. The van der Waals surface area contributed by atoms with Crippen LogP contribution < -0.4 is 10.1 Å². The Balaban J connectivity index is 2.06. The highest BCUT2D eigenvalue weighted by molar-refractivity contribution is 6.30. The zero-order valence-electron chi connectivity index (χ0n) is 11.6. The van der Waals surface area contributed by atoms with Gasteiger partial charge in [0.25, 0.3) is 0 Å². The van der Waals surface area contributed by atoms with E-state index in [1.54, 1.807) is 18.0 Å². The number of aromatic nitrogens is 2. The third-order valence-electron chi connectivity index (χ3n) is 2.73. The van der Waals surface area contributed by atoms with Crippen LogP contribution in [0.15, 0.2) is 30.6 Å². The van der Waals surface area contributed by atoms with Gasteiger partial charge in [0.2, 0.25) is 0 Å². The van der Waals surface area contributed by atoms with Crippen molar-refractivity contribution in [2.75, 3.05) is 20.3 Å². The van der Waals surface area contributed by atoms with Gasteiger partial charge in [0.05, 0.1) is 19.0 Å². The minimum atomic E-state index is 0.666. The van der Waals surface area contributed by atoms with Crippen LogP contribution in [0.1, 0.15) is 5.56 Å². The number of ether oxygens (including phenoxy) is 2. The summed E-state index contributed by atoms with van der Waals surface area (Å²) in [5.41, 5.74) is 0.998. The zero-order chi connectivity index (χ0) is 14.4. The van der Waals surface area contributed by atoms with Gasteiger partial charge in [-0.15, -0.1) is 0 Å². The molecule has 0 aliphatic rings. The molecule has 6 heteroatoms. The van der Waals surface area contributed by atoms with E-state index < -0.39 is 0 Å². The van der Waals surface area contributed by atoms with Gasteiger partial charge in [-0.05, 0) is 18.2 Å². The van der Waals surface area contributed by atoms with Crippen LogP contribution in [-0.4, -0.2) is 30.0 Å². The van der Waals surface area contributed by atoms with Crippen LogP contribution in [0.25, 0.3) is 0 Å². The summed E-state index contributed by atoms with van der Waals surface area (Å²) in [4.78, 5) is 0. The van der Waals surface area contributed by atoms with Crippen LogP contribution >= 0.6 is 11.6 Å². The first-order chi connectivity index (χ1) is 9.69. The molecule has 1 aromatic heterocycles. The van der Waals surface area contributed by atoms with Crippen molar-refractivity contribution in [1.82, 2.24) is 15.1 Å². The number of benzene rings is 1. The SMILES string of the molecule is COCCNCc1cc(Cl)ccc1Oc1cnn(C)c1. The Labute approximate surface area is 123 Å². The van der Waals surface area contributed by atoms with Gasteiger partial charge in [-0.2, -0.15) is 5.10 Å². The van der Waals surface area contributed by atoms with Crippen molar-refractivity contribution in [3.05, 3.63) is 41.2 Å². The monoisotopic (exact) mass is 295 g/mol. The molecule has 0 fully saturated rings. The van der Waals surface area contributed by atoms with Gasteiger partial charge in [-0.3, -0.25) is 4.68 Å². The topological polar surface area (TPSA) is 48.3 Å². The van der Waals surface area contributed by atoms with Gasteiger partial charge in [-0.1, -0.05) is 11.6 Å². The second-order valence-corrected chi connectivity index (χ2v) is 4.81. The highest BCUT2D eigenvalue weighted by Crippen LogP contribution is 2.27. The van der Waals surface area contributed by atoms with Crippen molar-refractivity contribution >= 4 is 11.6 Å². The van der Waals surface area contributed by atoms with Gasteiger partial charge in [0, 0.05) is 37.8 Å². The molecule has 2 rings (SSSR count). The molecular formula is C14H18ClN3O2. The molecule has 20 heavy (non-hydrogen) atoms. The molecule has 1 heterocycles. The van der Waals surface area contributed by atoms with E-state index in [-0.39, 0.29) is 0 Å². The molecule has 0 aliphatic carbocycles. The van der Waals surface area contributed by atoms with Crippen molar-refractivity contribution in [2.24, 2.45) is 7.05 Å². The molecular weight excluding hydrogens is 278 g/mol. The summed E-state index contributed by atoms with van der Waals surface area (Å²) < 4.78 is 12.5. The average Bonchev–Trinajstić information content (AvgIpc) is 2.83. The molecule has 0 spiro atoms. The number of methoxy groups -OCH3 is 1. The fourth-order valence-corrected chi connectivity index (χ4v) is 1.96. The Bertz CT molecular complexity index is 557. The predicted molar refractivity (Wildman–Crippen MR) is 78.3 cm³/mol. The third kappa shape index (κ3) is 4.23. The fraction of sp³-hybridized carbons (Fsp3) is 0.357. The standard InChI is InChI=1S/C14H18ClN3O2/c1-18-10-13(9-17-18)20-14-4-3-12(15)7-11(14)8-16-5-6-19-2/h3-4,7,9-10,16H,5-6,8H2,1-2H3. The highest BCUT2D eigenvalue weighted by Gasteiger charge is 2.07. The third-order valence-corrected chi connectivity index (χ3v) is 2.97. The molecule has 5 nitrogen and oxygen atoms in total. The van der Waals surface area contributed by atoms with Gasteiger partial charge in [-0.25, -0.2) is 0 Å². The maximum absolute atomic E-state index is 6.04. The summed E-state index contributed by atoms with van der Waals surface area (Å²) in [5.74, 6) is 1.47. The minimum Gasteiger partial charge on any atom is -0.454 e. The Morgan fingerprint density at radius 1 is 1.40 bits per heavy atom. The van der Waals surface area contributed by atoms with E-state index in [9.17, 15) is 0 Å². The van der Waals surface area contributed by atoms with Crippen molar-refractivity contribution in [3.63, 3.8) is 0 Å². The molecule has 0 unspecified atom stereocenters. The fourth-order valence-electron chi connectivity index (χ4n) is 1.76. The summed E-state index contributed by atoms with van der Waals surface area (Å²) in [6, 6.07) is 5.57. The van der Waals surface area contributed by atoms with E-state index in [1.165, 1.54) is 0 Å². The van der Waals surface area contributed by atoms with Crippen molar-refractivity contribution < 1.29 is 9.47 Å². The number of hydrogen-bond acceptors (Lipinski definition) is 4. The molecule has 0 saturated heterocycles. The number of aryl methyl sites for hydroxylation is 1. The number of nitrogens with one attached hydrogen (secondary N) is 1. The molecule has 1 N–H and O–H groups in total. The quantitative estimate of drug-likeness (QED) is 0.798. The lowest BCUT2D eigenvalue weighted by Crippen LogP contribution is -2.18. The van der Waals surface area contributed by atoms with Gasteiger partial charge < -0.3 is 14.8 Å². The molecule has 0 aliphatic heterocycles. The molecule has 0 saturated carbocycles. The average molecular weight is 296 g/mol. The van der Waals surface area contributed by atoms with E-state index in [0.717, 1.165) is 17.9 Å². The molecule has 0 bridgehead atoms. The summed E-state index contributed by atoms with van der Waals surface area (Å²) >= 11 is 6.04. The van der Waals surface area contributed by atoms with E-state index in [0.29, 0.717) is 23.9 Å². The Kier molecular flexibility index (Phi) is 5.40. The van der Waals surface area contributed by atoms with E-state index >= 15 is 0 Å². The second-order valence-electron chi connectivity index (χ2n) is 4.37. The molecule has 0 atom stereocenters. The Morgan fingerprint density at radius 2 is 2.25 bits per heavy atom. The highest BCUT2D eigenvalue weighted by atomic mass is 35.5. The number of nitrogens with zero attached hydrogens (tertiary/aromatic N) is 2. The van der Waals surface area contributed by atoms with Gasteiger partial charge in [0.1, 0.15) is 5.75 Å². The predicted octanol–water partition coefficient (Wildman–Crippen LogP) is 2.60. The first kappa shape index (κ1) is 14.8. The summed E-state index contributed by atoms with van der Waals surface area (Å²) in [7, 11) is 3.53. The second kappa shape index (κ2) is 7.28. The van der Waals surface area contributed by atoms with Crippen LogP contribution in [0.2, 0.25) is 5.02 Å². The summed E-state index contributed by atoms with van der Waals surface area (Å²) in [6.45, 7) is 2.11. The van der Waals surface area contributed by atoms with Crippen molar-refractivity contribution in [2.45, 2.75) is 6.54 Å². The summed E-state index contributed by atoms with van der Waals surface area (Å²) in [5, 5.41) is 8.04. The van der Waals surface area contributed by atoms with Crippen LogP contribution in [0.5, 0.6) is 11.5 Å². The Morgan fingerprint density at radius 3 is 2.95 bits per heavy atom. The maximum atomic E-state index is 6.04. The molecule has 1 aromatic carbocycles. The van der Waals surface area contributed by atoms with Crippen molar-refractivity contribution in [1.29, 1.82) is 0 Å². The molecule has 2 aromatic rings. The lowest BCUT2D eigenvalue weighted by Gasteiger charge is -2.11. The lowest BCUT2D eigenvalue weighted by molar-refractivity contribution is 0.199. The number of rotatable bonds is 7. The van der Waals surface area contributed by atoms with Gasteiger partial charge >= 0.3 is 0 Å². The van der Waals surface area contributed by atoms with Crippen LogP contribution in [0, 0.1) is 0 Å². The lowest BCUT2D eigenvalue weighted by atomic mass is 10.2. The zero-order valence-corrected chi connectivity index (χ0v) is 12.4. The number of halogens is 1.